The quantitative estimate of drug-likeness (QED) is 0.283. The van der Waals surface area contributed by atoms with E-state index in [0.717, 1.165) is 11.1 Å². The molecule has 2 rings (SSSR count). The number of aliphatic carboxylic acids is 1. The highest BCUT2D eigenvalue weighted by molar-refractivity contribution is 5.94. The van der Waals surface area contributed by atoms with Gasteiger partial charge >= 0.3 is 5.97 Å². The van der Waals surface area contributed by atoms with Crippen LogP contribution in [-0.2, 0) is 32.0 Å². The maximum absolute atomic E-state index is 13.2. The number of nitrogens with one attached hydrogen (secondary N) is 3. The molecule has 0 aliphatic heterocycles. The smallest absolute Gasteiger partial charge is 0.326 e. The Morgan fingerprint density at radius 3 is 1.69 bits per heavy atom. The second-order valence-electron chi connectivity index (χ2n) is 8.98. The lowest BCUT2D eigenvalue weighted by atomic mass is 9.99. The molecule has 2 aromatic rings. The molecule has 5 atom stereocenters. The molecular weight excluding hydrogens is 460 g/mol. The fraction of sp³-hybridized carbons (Fsp3) is 0.407. The number of rotatable bonds is 13. The topological polar surface area (TPSA) is 151 Å². The molecule has 9 nitrogen and oxygen atoms in total. The Balaban J connectivity index is 2.14. The van der Waals surface area contributed by atoms with Gasteiger partial charge < -0.3 is 26.8 Å². The number of carbonyl (C=O) groups excluding carboxylic acids is 3. The molecule has 3 amide bonds. The van der Waals surface area contributed by atoms with Gasteiger partial charge in [0.1, 0.15) is 18.1 Å². The Morgan fingerprint density at radius 1 is 0.750 bits per heavy atom. The summed E-state index contributed by atoms with van der Waals surface area (Å²) in [5, 5.41) is 17.5. The molecule has 0 heterocycles. The summed E-state index contributed by atoms with van der Waals surface area (Å²) in [4.78, 5) is 50.3. The van der Waals surface area contributed by atoms with Gasteiger partial charge in [0.2, 0.25) is 17.7 Å². The van der Waals surface area contributed by atoms with Crippen molar-refractivity contribution >= 4 is 23.7 Å². The third kappa shape index (κ3) is 8.81. The van der Waals surface area contributed by atoms with Crippen LogP contribution in [0, 0.1) is 5.92 Å². The van der Waals surface area contributed by atoms with E-state index >= 15 is 0 Å². The van der Waals surface area contributed by atoms with Crippen LogP contribution in [-0.4, -0.2) is 53.0 Å². The molecule has 6 N–H and O–H groups in total. The molecule has 0 spiro atoms. The summed E-state index contributed by atoms with van der Waals surface area (Å²) in [6.45, 7) is 5.27. The summed E-state index contributed by atoms with van der Waals surface area (Å²) in [6.07, 6.45) is 0.944. The molecule has 0 bridgehead atoms. The van der Waals surface area contributed by atoms with Crippen LogP contribution in [0.1, 0.15) is 38.3 Å². The number of hydrogen-bond acceptors (Lipinski definition) is 5. The lowest BCUT2D eigenvalue weighted by molar-refractivity contribution is -0.142. The lowest BCUT2D eigenvalue weighted by Gasteiger charge is -2.24. The van der Waals surface area contributed by atoms with Gasteiger partial charge in [-0.2, -0.15) is 0 Å². The van der Waals surface area contributed by atoms with Gasteiger partial charge in [-0.25, -0.2) is 4.79 Å². The van der Waals surface area contributed by atoms with Crippen LogP contribution in [0.25, 0.3) is 0 Å². The van der Waals surface area contributed by atoms with E-state index in [1.54, 1.807) is 48.5 Å². The molecule has 0 aliphatic rings. The lowest BCUT2D eigenvalue weighted by Crippen LogP contribution is -2.57. The van der Waals surface area contributed by atoms with Gasteiger partial charge in [0.25, 0.3) is 0 Å². The number of carbonyl (C=O) groups is 4. The monoisotopic (exact) mass is 496 g/mol. The molecule has 0 saturated carbocycles. The van der Waals surface area contributed by atoms with Gasteiger partial charge in [-0.05, 0) is 24.0 Å². The third-order valence-corrected chi connectivity index (χ3v) is 6.12. The molecule has 2 aromatic carbocycles. The molecule has 0 aliphatic carbocycles. The average Bonchev–Trinajstić information content (AvgIpc) is 2.87. The maximum Gasteiger partial charge on any atom is 0.326 e. The largest absolute Gasteiger partial charge is 0.480 e. The van der Waals surface area contributed by atoms with E-state index < -0.39 is 47.9 Å². The minimum atomic E-state index is -1.18. The highest BCUT2D eigenvalue weighted by Crippen LogP contribution is 2.08. The first kappa shape index (κ1) is 28.5. The minimum Gasteiger partial charge on any atom is -0.480 e. The summed E-state index contributed by atoms with van der Waals surface area (Å²) in [6, 6.07) is 14.1. The molecule has 194 valence electrons. The van der Waals surface area contributed by atoms with Crippen molar-refractivity contribution in [1.29, 1.82) is 0 Å². The van der Waals surface area contributed by atoms with Crippen molar-refractivity contribution < 1.29 is 24.3 Å². The van der Waals surface area contributed by atoms with Crippen LogP contribution in [0.5, 0.6) is 0 Å². The number of benzene rings is 2. The molecule has 0 aromatic heterocycles. The van der Waals surface area contributed by atoms with E-state index in [9.17, 15) is 24.3 Å². The number of hydrogen-bond donors (Lipinski definition) is 5. The van der Waals surface area contributed by atoms with Crippen LogP contribution in [0.2, 0.25) is 0 Å². The van der Waals surface area contributed by atoms with Crippen molar-refractivity contribution in [2.24, 2.45) is 11.7 Å². The summed E-state index contributed by atoms with van der Waals surface area (Å²) in [7, 11) is 0. The highest BCUT2D eigenvalue weighted by atomic mass is 16.4. The van der Waals surface area contributed by atoms with Crippen LogP contribution < -0.4 is 21.7 Å². The Morgan fingerprint density at radius 2 is 1.22 bits per heavy atom. The molecule has 0 radical (unpaired) electrons. The van der Waals surface area contributed by atoms with Crippen LogP contribution >= 0.6 is 0 Å². The van der Waals surface area contributed by atoms with Crippen molar-refractivity contribution in [3.05, 3.63) is 71.8 Å². The van der Waals surface area contributed by atoms with E-state index in [1.807, 2.05) is 26.0 Å². The maximum atomic E-state index is 13.2. The molecule has 0 saturated heterocycles. The van der Waals surface area contributed by atoms with Crippen molar-refractivity contribution in [1.82, 2.24) is 16.0 Å². The Bertz CT molecular complexity index is 1020. The van der Waals surface area contributed by atoms with E-state index in [1.165, 1.54) is 6.92 Å². The molecular formula is C27H36N4O5. The van der Waals surface area contributed by atoms with Gasteiger partial charge in [-0.3, -0.25) is 14.4 Å². The Kier molecular flexibility index (Phi) is 11.1. The second-order valence-corrected chi connectivity index (χ2v) is 8.98. The van der Waals surface area contributed by atoms with Gasteiger partial charge in [0.15, 0.2) is 0 Å². The average molecular weight is 497 g/mol. The first-order chi connectivity index (χ1) is 17.1. The standard InChI is InChI=1S/C27H36N4O5/c1-4-17(2)23(28)26(34)29-18(3)24(32)30-21(15-19-11-7-5-8-12-19)25(33)31-22(27(35)36)16-20-13-9-6-10-14-20/h5-14,17-18,21-23H,4,15-16,28H2,1-3H3,(H,29,34)(H,30,32)(H,31,33)(H,35,36). The van der Waals surface area contributed by atoms with E-state index in [4.69, 9.17) is 5.73 Å². The van der Waals surface area contributed by atoms with Gasteiger partial charge in [0.05, 0.1) is 6.04 Å². The SMILES string of the molecule is CCC(C)C(N)C(=O)NC(C)C(=O)NC(Cc1ccccc1)C(=O)NC(Cc1ccccc1)C(=O)O. The van der Waals surface area contributed by atoms with Crippen molar-refractivity contribution in [3.8, 4) is 0 Å². The molecule has 36 heavy (non-hydrogen) atoms. The zero-order valence-electron chi connectivity index (χ0n) is 20.9. The number of carboxylic acids is 1. The zero-order valence-corrected chi connectivity index (χ0v) is 20.9. The number of carboxylic acid groups (broad SMARTS) is 1. The summed E-state index contributed by atoms with van der Waals surface area (Å²) < 4.78 is 0. The summed E-state index contributed by atoms with van der Waals surface area (Å²) >= 11 is 0. The highest BCUT2D eigenvalue weighted by Gasteiger charge is 2.29. The van der Waals surface area contributed by atoms with Crippen LogP contribution in [0.3, 0.4) is 0 Å². The van der Waals surface area contributed by atoms with Gasteiger partial charge in [-0.1, -0.05) is 80.9 Å². The minimum absolute atomic E-state index is 0.0607. The molecule has 9 heteroatoms. The predicted octanol–water partition coefficient (Wildman–Crippen LogP) is 1.40. The summed E-state index contributed by atoms with van der Waals surface area (Å²) in [5.74, 6) is -2.91. The van der Waals surface area contributed by atoms with Gasteiger partial charge in [-0.15, -0.1) is 0 Å². The number of amides is 3. The zero-order chi connectivity index (χ0) is 26.7. The van der Waals surface area contributed by atoms with Gasteiger partial charge in [0, 0.05) is 12.8 Å². The third-order valence-electron chi connectivity index (χ3n) is 6.12. The fourth-order valence-corrected chi connectivity index (χ4v) is 3.57. The second kappa shape index (κ2) is 14.0. The first-order valence-corrected chi connectivity index (χ1v) is 12.1. The normalized spacial score (nSPS) is 15.0. The van der Waals surface area contributed by atoms with Crippen molar-refractivity contribution in [2.45, 2.75) is 64.2 Å². The van der Waals surface area contributed by atoms with E-state index in [0.29, 0.717) is 6.42 Å². The van der Waals surface area contributed by atoms with E-state index in [-0.39, 0.29) is 18.8 Å². The Hall–Kier alpha value is -3.72. The Labute approximate surface area is 211 Å². The fourth-order valence-electron chi connectivity index (χ4n) is 3.57. The first-order valence-electron chi connectivity index (χ1n) is 12.1. The van der Waals surface area contributed by atoms with Crippen LogP contribution in [0.4, 0.5) is 0 Å². The molecule has 0 fully saturated rings. The van der Waals surface area contributed by atoms with Crippen molar-refractivity contribution in [2.75, 3.05) is 0 Å². The molecule has 5 unspecified atom stereocenters. The number of nitrogens with two attached hydrogens (primary N) is 1. The van der Waals surface area contributed by atoms with Crippen LogP contribution in [0.15, 0.2) is 60.7 Å². The van der Waals surface area contributed by atoms with E-state index in [2.05, 4.69) is 16.0 Å². The summed E-state index contributed by atoms with van der Waals surface area (Å²) in [5.41, 5.74) is 7.49. The predicted molar refractivity (Wildman–Crippen MR) is 137 cm³/mol. The van der Waals surface area contributed by atoms with Crippen molar-refractivity contribution in [3.63, 3.8) is 0 Å².